The normalized spacial score (nSPS) is 14.1. The van der Waals surface area contributed by atoms with Crippen LogP contribution in [-0.4, -0.2) is 124 Å². The predicted molar refractivity (Wildman–Crippen MR) is 175 cm³/mol. The number of rotatable bonds is 10. The van der Waals surface area contributed by atoms with E-state index in [9.17, 15) is 104 Å². The summed E-state index contributed by atoms with van der Waals surface area (Å²) in [6.45, 7) is 0. The van der Waals surface area contributed by atoms with Crippen molar-refractivity contribution in [3.8, 4) is 22.3 Å². The summed E-state index contributed by atoms with van der Waals surface area (Å²) in [5.74, 6) is 0. The lowest BCUT2D eigenvalue weighted by molar-refractivity contribution is 0.457. The third kappa shape index (κ3) is 7.52. The van der Waals surface area contributed by atoms with Gasteiger partial charge in [-0.15, -0.1) is 0 Å². The van der Waals surface area contributed by atoms with Crippen LogP contribution >= 0.6 is 0 Å². The summed E-state index contributed by atoms with van der Waals surface area (Å²) >= 11 is 0. The van der Waals surface area contributed by atoms with Crippen LogP contribution in [0, 0.1) is 0 Å². The number of hydrogen-bond acceptors (Lipinski definition) is 18. The van der Waals surface area contributed by atoms with Crippen molar-refractivity contribution >= 4 is 103 Å². The Bertz CT molecular complexity index is 3300. The number of H-pyrrole nitrogens is 2. The first-order valence-corrected chi connectivity index (χ1v) is 24.5. The Labute approximate surface area is 311 Å². The number of fused-ring (bicyclic) bond motifs is 2. The zero-order valence-corrected chi connectivity index (χ0v) is 32.1. The van der Waals surface area contributed by atoms with Gasteiger partial charge in [-0.1, -0.05) is 24.3 Å². The Hall–Kier alpha value is -4.12. The zero-order chi connectivity index (χ0) is 42.9. The second-order valence-corrected chi connectivity index (χ2v) is 21.5. The van der Waals surface area contributed by atoms with Gasteiger partial charge in [0.2, 0.25) is 0 Å². The molecule has 0 fully saturated rings. The fraction of sp³-hybridized carbons (Fsp3) is 0. The van der Waals surface area contributed by atoms with Crippen molar-refractivity contribution < 1.29 is 104 Å². The van der Waals surface area contributed by atoms with E-state index in [1.165, 1.54) is 0 Å². The average molecular weight is 951 g/mol. The lowest BCUT2D eigenvalue weighted by Crippen LogP contribution is -2.17. The van der Waals surface area contributed by atoms with Gasteiger partial charge in [0.1, 0.15) is 40.4 Å². The quantitative estimate of drug-likeness (QED) is 0.0731. The summed E-state index contributed by atoms with van der Waals surface area (Å²) < 4.78 is 277. The number of nitrogens with zero attached hydrogens (tertiary/aromatic N) is 2. The van der Waals surface area contributed by atoms with Crippen LogP contribution in [0.25, 0.3) is 44.3 Å². The molecule has 56 heavy (non-hydrogen) atoms. The van der Waals surface area contributed by atoms with Crippen LogP contribution in [0.4, 0.5) is 0 Å². The SMILES string of the molecule is O=S(=O)(O)c1nc2c(S(=O)(=O)O)c(S(=O)(=O)O)c(S(=O)(=O)O)c(-c3ccc(-c4c(S(=O)(=O)O)c(S(=O)(=O)O)c(S(=O)(=O)O)c5nc(S(=O)(=O)O)[nH]c45)cc3)c2[nH]1. The molecule has 0 spiro atoms. The Kier molecular flexibility index (Phi) is 9.75. The van der Waals surface area contributed by atoms with E-state index in [0.29, 0.717) is 24.3 Å². The number of nitrogens with one attached hydrogen (secondary N) is 2. The third-order valence-electron chi connectivity index (χ3n) is 7.07. The van der Waals surface area contributed by atoms with Crippen molar-refractivity contribution in [3.05, 3.63) is 24.3 Å². The summed E-state index contributed by atoms with van der Waals surface area (Å²) in [6.07, 6.45) is 0. The van der Waals surface area contributed by atoms with Crippen LogP contribution in [0.5, 0.6) is 0 Å². The Morgan fingerprint density at radius 3 is 0.768 bits per heavy atom. The monoisotopic (exact) mass is 950 g/mol. The van der Waals surface area contributed by atoms with Gasteiger partial charge in [0.05, 0.1) is 11.0 Å². The topological polar surface area (TPSA) is 492 Å². The molecule has 3 aromatic carbocycles. The average Bonchev–Trinajstić information content (AvgIpc) is 3.61. The van der Waals surface area contributed by atoms with E-state index in [0.717, 1.165) is 0 Å². The highest BCUT2D eigenvalue weighted by atomic mass is 32.3. The number of aromatic amines is 2. The van der Waals surface area contributed by atoms with E-state index in [2.05, 4.69) is 9.97 Å². The van der Waals surface area contributed by atoms with Crippen LogP contribution in [0.2, 0.25) is 0 Å². The van der Waals surface area contributed by atoms with Crippen molar-refractivity contribution in [2.45, 2.75) is 39.7 Å². The van der Waals surface area contributed by atoms with E-state index in [1.807, 2.05) is 0 Å². The third-order valence-corrected chi connectivity index (χ3v) is 14.5. The molecule has 10 N–H and O–H groups in total. The Morgan fingerprint density at radius 1 is 0.339 bits per heavy atom. The highest BCUT2D eigenvalue weighted by molar-refractivity contribution is 7.91. The second kappa shape index (κ2) is 12.7. The zero-order valence-electron chi connectivity index (χ0n) is 25.6. The van der Waals surface area contributed by atoms with Crippen LogP contribution in [-0.2, 0) is 80.9 Å². The maximum absolute atomic E-state index is 12.7. The van der Waals surface area contributed by atoms with E-state index < -0.39 is 165 Å². The second-order valence-electron chi connectivity index (χ2n) is 10.6. The molecule has 2 heterocycles. The van der Waals surface area contributed by atoms with E-state index in [-0.39, 0.29) is 0 Å². The highest BCUT2D eigenvalue weighted by Crippen LogP contribution is 2.46. The van der Waals surface area contributed by atoms with Crippen molar-refractivity contribution in [3.63, 3.8) is 0 Å². The summed E-state index contributed by atoms with van der Waals surface area (Å²) in [6, 6.07) is 1.93. The molecule has 0 aliphatic carbocycles. The van der Waals surface area contributed by atoms with Gasteiger partial charge in [-0.2, -0.15) is 67.3 Å². The fourth-order valence-corrected chi connectivity index (χ4v) is 13.3. The van der Waals surface area contributed by atoms with Crippen molar-refractivity contribution in [1.29, 1.82) is 0 Å². The molecule has 0 saturated carbocycles. The van der Waals surface area contributed by atoms with Crippen molar-refractivity contribution in [2.75, 3.05) is 0 Å². The molecule has 0 bridgehead atoms. The summed E-state index contributed by atoms with van der Waals surface area (Å²) in [5, 5.41) is -3.37. The van der Waals surface area contributed by atoms with Crippen LogP contribution in [0.15, 0.2) is 64.0 Å². The Morgan fingerprint density at radius 2 is 0.571 bits per heavy atom. The molecule has 5 aromatic rings. The number of imidazole rings is 2. The van der Waals surface area contributed by atoms with Gasteiger partial charge < -0.3 is 9.97 Å². The first-order valence-electron chi connectivity index (χ1n) is 13.0. The molecule has 36 heteroatoms. The minimum absolute atomic E-state index is 0.483. The first kappa shape index (κ1) is 43.0. The van der Waals surface area contributed by atoms with Crippen molar-refractivity contribution in [2.24, 2.45) is 0 Å². The van der Waals surface area contributed by atoms with Crippen LogP contribution in [0.3, 0.4) is 0 Å². The number of benzene rings is 3. The smallest absolute Gasteiger partial charge is 0.326 e. The summed E-state index contributed by atoms with van der Waals surface area (Å²) in [4.78, 5) is -3.70. The molecule has 0 aliphatic heterocycles. The largest absolute Gasteiger partial charge is 0.328 e. The van der Waals surface area contributed by atoms with Gasteiger partial charge in [0, 0.05) is 11.1 Å². The molecule has 0 radical (unpaired) electrons. The van der Waals surface area contributed by atoms with Gasteiger partial charge in [-0.05, 0) is 11.1 Å². The van der Waals surface area contributed by atoms with Crippen LogP contribution < -0.4 is 0 Å². The fourth-order valence-electron chi connectivity index (χ4n) is 5.31. The molecule has 306 valence electrons. The molecule has 0 amide bonds. The van der Waals surface area contributed by atoms with Crippen LogP contribution in [0.1, 0.15) is 0 Å². The van der Waals surface area contributed by atoms with Crippen molar-refractivity contribution in [1.82, 2.24) is 19.9 Å². The molecule has 0 aliphatic rings. The predicted octanol–water partition coefficient (Wildman–Crippen LogP) is -1.25. The first-order chi connectivity index (χ1) is 24.9. The standard InChI is InChI=1S/C20H14N4O24S8/c25-49(26,27)13-7(9-11(23-19(21-9)55(43,44)45)15(51(31,32)33)17(13)53(37,38)39)5-1-2-6(4-3-5)8-10-12(24-20(22-10)56(46,47)48)16(52(34,35)36)18(54(40,41)42)14(8)50(28,29)30/h1-4H,(H,21,23)(H,22,24)(H,25,26,27)(H,28,29,30)(H,31,32,33)(H,34,35,36)(H,37,38,39)(H,40,41,42)(H,43,44,45)(H,46,47,48). The molecule has 2 aromatic heterocycles. The highest BCUT2D eigenvalue weighted by Gasteiger charge is 2.42. The lowest BCUT2D eigenvalue weighted by atomic mass is 9.98. The van der Waals surface area contributed by atoms with Gasteiger partial charge in [-0.3, -0.25) is 36.4 Å². The van der Waals surface area contributed by atoms with Gasteiger partial charge in [-0.25, -0.2) is 9.97 Å². The van der Waals surface area contributed by atoms with Gasteiger partial charge in [0.25, 0.3) is 71.0 Å². The maximum atomic E-state index is 12.7. The van der Waals surface area contributed by atoms with E-state index in [4.69, 9.17) is 0 Å². The van der Waals surface area contributed by atoms with E-state index >= 15 is 0 Å². The molecule has 0 unspecified atom stereocenters. The minimum atomic E-state index is -6.29. The molecule has 0 atom stereocenters. The lowest BCUT2D eigenvalue weighted by Gasteiger charge is -2.17. The van der Waals surface area contributed by atoms with E-state index in [1.54, 1.807) is 9.97 Å². The van der Waals surface area contributed by atoms with Gasteiger partial charge >= 0.3 is 20.2 Å². The number of aromatic nitrogens is 4. The molecule has 28 nitrogen and oxygen atoms in total. The number of hydrogen-bond donors (Lipinski definition) is 10. The summed E-state index contributed by atoms with van der Waals surface area (Å²) in [5.41, 5.74) is -10.2. The van der Waals surface area contributed by atoms with Gasteiger partial charge in [0.15, 0.2) is 0 Å². The summed E-state index contributed by atoms with van der Waals surface area (Å²) in [7, 11) is -48.5. The molecule has 5 rings (SSSR count). The molecule has 0 saturated heterocycles. The Balaban J connectivity index is 2.08. The minimum Gasteiger partial charge on any atom is -0.326 e. The molecular formula is C20H14N4O24S8. The molecular weight excluding hydrogens is 937 g/mol. The maximum Gasteiger partial charge on any atom is 0.328 e.